The fourth-order valence-electron chi connectivity index (χ4n) is 12.9. The minimum absolute atomic E-state index is 0.205. The van der Waals surface area contributed by atoms with E-state index in [4.69, 9.17) is 8.83 Å². The van der Waals surface area contributed by atoms with Crippen molar-refractivity contribution >= 4 is 60.9 Å². The van der Waals surface area contributed by atoms with Crippen molar-refractivity contribution in [2.45, 2.75) is 64.7 Å². The molecule has 0 N–H and O–H groups in total. The molecule has 9 aromatic carbocycles. The predicted molar refractivity (Wildman–Crippen MR) is 279 cm³/mol. The normalized spacial score (nSPS) is 15.4. The third-order valence-corrected chi connectivity index (χ3v) is 16.0. The molecule has 0 amide bonds. The Labute approximate surface area is 390 Å². The second-order valence-electron chi connectivity index (χ2n) is 20.9. The molecule has 67 heavy (non-hydrogen) atoms. The third-order valence-electron chi connectivity index (χ3n) is 16.0. The van der Waals surface area contributed by atoms with E-state index >= 15 is 0 Å². The monoisotopic (exact) mass is 863 g/mol. The highest BCUT2D eigenvalue weighted by atomic mass is 16.3. The summed E-state index contributed by atoms with van der Waals surface area (Å²) >= 11 is 0. The Morgan fingerprint density at radius 1 is 0.373 bits per heavy atom. The standard InChI is InChI=1S/C64H49NO2/c1-36-25-27-38(28-26-36)65(39-29-31-42-48(33-39)62(2,3)50-35-46(37-17-9-8-10-18-37)60-55(53(42)50)44-20-12-15-23-51(44)66-60)40-30-32-43-49(34-40)64(6,7)59-57(43)61-56(45-21-13-16-24-52(45)67-61)54-41-19-11-14-22-47(41)63(4,5)58(54)59/h8-35H,1-7H3. The van der Waals surface area contributed by atoms with E-state index in [2.05, 4.69) is 223 Å². The molecule has 0 bridgehead atoms. The van der Waals surface area contributed by atoms with E-state index in [0.717, 1.165) is 55.9 Å². The molecule has 0 radical (unpaired) electrons. The van der Waals surface area contributed by atoms with Crippen LogP contribution in [0.3, 0.4) is 0 Å². The molecular formula is C64H49NO2. The summed E-state index contributed by atoms with van der Waals surface area (Å²) in [6, 6.07) is 62.7. The first-order valence-corrected chi connectivity index (χ1v) is 23.8. The number of hydrogen-bond acceptors (Lipinski definition) is 3. The number of aryl methyl sites for hydroxylation is 1. The van der Waals surface area contributed by atoms with Crippen molar-refractivity contribution in [2.24, 2.45) is 0 Å². The van der Waals surface area contributed by atoms with Crippen LogP contribution in [0.15, 0.2) is 179 Å². The zero-order valence-corrected chi connectivity index (χ0v) is 38.9. The van der Waals surface area contributed by atoms with Gasteiger partial charge in [-0.15, -0.1) is 0 Å². The lowest BCUT2D eigenvalue weighted by atomic mass is 9.72. The zero-order chi connectivity index (χ0) is 45.3. The van der Waals surface area contributed by atoms with Gasteiger partial charge in [-0.3, -0.25) is 0 Å². The lowest BCUT2D eigenvalue weighted by Gasteiger charge is -2.32. The van der Waals surface area contributed by atoms with Crippen LogP contribution in [0, 0.1) is 6.92 Å². The number of nitrogens with zero attached hydrogens (tertiary/aromatic N) is 1. The Kier molecular flexibility index (Phi) is 7.52. The van der Waals surface area contributed by atoms with Gasteiger partial charge in [-0.25, -0.2) is 0 Å². The Morgan fingerprint density at radius 3 is 1.57 bits per heavy atom. The van der Waals surface area contributed by atoms with Crippen molar-refractivity contribution in [3.63, 3.8) is 0 Å². The molecule has 322 valence electrons. The molecule has 0 fully saturated rings. The van der Waals surface area contributed by atoms with E-state index in [0.29, 0.717) is 0 Å². The lowest BCUT2D eigenvalue weighted by molar-refractivity contribution is 0.600. The molecule has 0 atom stereocenters. The van der Waals surface area contributed by atoms with E-state index in [1.54, 1.807) is 0 Å². The van der Waals surface area contributed by atoms with Crippen molar-refractivity contribution in [3.05, 3.63) is 209 Å². The van der Waals surface area contributed by atoms with Crippen LogP contribution in [0.1, 0.15) is 80.5 Å². The van der Waals surface area contributed by atoms with Gasteiger partial charge in [0.15, 0.2) is 0 Å². The van der Waals surface area contributed by atoms with Gasteiger partial charge in [0.1, 0.15) is 22.3 Å². The van der Waals surface area contributed by atoms with Crippen LogP contribution in [0.5, 0.6) is 0 Å². The van der Waals surface area contributed by atoms with Crippen molar-refractivity contribution < 1.29 is 8.83 Å². The van der Waals surface area contributed by atoms with E-state index in [1.165, 1.54) is 88.5 Å². The van der Waals surface area contributed by atoms with Crippen LogP contribution in [0.4, 0.5) is 17.1 Å². The smallest absolute Gasteiger partial charge is 0.144 e. The van der Waals surface area contributed by atoms with Gasteiger partial charge in [-0.2, -0.15) is 0 Å². The molecule has 0 saturated heterocycles. The van der Waals surface area contributed by atoms with Crippen LogP contribution in [-0.2, 0) is 16.2 Å². The Morgan fingerprint density at radius 2 is 0.881 bits per heavy atom. The van der Waals surface area contributed by atoms with Crippen LogP contribution < -0.4 is 4.90 Å². The number of anilines is 3. The van der Waals surface area contributed by atoms with E-state index < -0.39 is 0 Å². The summed E-state index contributed by atoms with van der Waals surface area (Å²) in [4.78, 5) is 2.47. The van der Waals surface area contributed by atoms with Gasteiger partial charge in [0.2, 0.25) is 0 Å². The van der Waals surface area contributed by atoms with Crippen molar-refractivity contribution in [1.82, 2.24) is 0 Å². The second kappa shape index (κ2) is 13.0. The second-order valence-corrected chi connectivity index (χ2v) is 20.9. The maximum atomic E-state index is 7.03. The van der Waals surface area contributed by atoms with Gasteiger partial charge in [0.25, 0.3) is 0 Å². The topological polar surface area (TPSA) is 29.5 Å². The molecule has 0 spiro atoms. The first-order chi connectivity index (χ1) is 32.4. The average molecular weight is 864 g/mol. The van der Waals surface area contributed by atoms with Gasteiger partial charge < -0.3 is 13.7 Å². The summed E-state index contributed by atoms with van der Waals surface area (Å²) in [6.45, 7) is 16.7. The number of para-hydroxylation sites is 2. The molecule has 0 saturated carbocycles. The van der Waals surface area contributed by atoms with E-state index in [9.17, 15) is 0 Å². The number of furan rings is 2. The molecular weight excluding hydrogens is 815 g/mol. The summed E-state index contributed by atoms with van der Waals surface area (Å²) < 4.78 is 13.8. The van der Waals surface area contributed by atoms with Gasteiger partial charge in [-0.05, 0) is 128 Å². The van der Waals surface area contributed by atoms with Crippen LogP contribution in [0.2, 0.25) is 0 Å². The number of rotatable bonds is 4. The summed E-state index contributed by atoms with van der Waals surface area (Å²) in [6.07, 6.45) is 0. The van der Waals surface area contributed by atoms with Crippen LogP contribution in [-0.4, -0.2) is 0 Å². The maximum Gasteiger partial charge on any atom is 0.144 e. The minimum atomic E-state index is -0.326. The number of fused-ring (bicyclic) bond motifs is 19. The van der Waals surface area contributed by atoms with E-state index in [-0.39, 0.29) is 16.2 Å². The molecule has 0 aliphatic heterocycles. The van der Waals surface area contributed by atoms with E-state index in [1.807, 2.05) is 0 Å². The van der Waals surface area contributed by atoms with Crippen molar-refractivity contribution in [2.75, 3.05) is 4.90 Å². The molecule has 3 aliphatic rings. The van der Waals surface area contributed by atoms with Gasteiger partial charge >= 0.3 is 0 Å². The Hall–Kier alpha value is -7.62. The minimum Gasteiger partial charge on any atom is -0.455 e. The quantitative estimate of drug-likeness (QED) is 0.177. The molecule has 2 heterocycles. The molecule has 0 unspecified atom stereocenters. The van der Waals surface area contributed by atoms with Crippen LogP contribution in [0.25, 0.3) is 88.4 Å². The summed E-state index contributed by atoms with van der Waals surface area (Å²) in [7, 11) is 0. The number of benzene rings is 9. The zero-order valence-electron chi connectivity index (χ0n) is 38.9. The highest BCUT2D eigenvalue weighted by Crippen LogP contribution is 2.64. The summed E-state index contributed by atoms with van der Waals surface area (Å²) in [5.41, 5.74) is 25.7. The van der Waals surface area contributed by atoms with Gasteiger partial charge in [0, 0.05) is 66.0 Å². The van der Waals surface area contributed by atoms with Crippen molar-refractivity contribution in [1.29, 1.82) is 0 Å². The number of hydrogen-bond donors (Lipinski definition) is 0. The van der Waals surface area contributed by atoms with Crippen molar-refractivity contribution in [3.8, 4) is 44.5 Å². The van der Waals surface area contributed by atoms with Gasteiger partial charge in [-0.1, -0.05) is 162 Å². The van der Waals surface area contributed by atoms with Crippen LogP contribution >= 0.6 is 0 Å². The molecule has 11 aromatic rings. The summed E-state index contributed by atoms with van der Waals surface area (Å²) in [5.74, 6) is 0. The Balaban J connectivity index is 0.985. The maximum absolute atomic E-state index is 7.03. The lowest BCUT2D eigenvalue weighted by Crippen LogP contribution is -2.24. The first-order valence-electron chi connectivity index (χ1n) is 23.8. The SMILES string of the molecule is Cc1ccc(N(c2ccc3c(c2)C(C)(C)c2cc(-c4ccccc4)c4oc5ccccc5c4c2-3)c2ccc3c(c2)C(C)(C)c2c4c(c5c(oc6ccccc65)c2-3)-c2ccccc2C4(C)C)cc1. The molecule has 3 heteroatoms. The molecule has 2 aromatic heterocycles. The van der Waals surface area contributed by atoms with Gasteiger partial charge in [0.05, 0.1) is 0 Å². The summed E-state index contributed by atoms with van der Waals surface area (Å²) in [5, 5.41) is 4.76. The fourth-order valence-corrected chi connectivity index (χ4v) is 12.9. The Bertz CT molecular complexity index is 3950. The molecule has 3 nitrogen and oxygen atoms in total. The molecule has 3 aliphatic carbocycles. The first kappa shape index (κ1) is 38.6. The predicted octanol–water partition coefficient (Wildman–Crippen LogP) is 17.8. The average Bonchev–Trinajstić information content (AvgIpc) is 4.09. The third kappa shape index (κ3) is 4.96. The highest BCUT2D eigenvalue weighted by molar-refractivity contribution is 6.21. The largest absolute Gasteiger partial charge is 0.455 e. The molecule has 14 rings (SSSR count). The fraction of sp³-hybridized carbons (Fsp3) is 0.156. The highest BCUT2D eigenvalue weighted by Gasteiger charge is 2.49.